The summed E-state index contributed by atoms with van der Waals surface area (Å²) in [4.78, 5) is 35.3. The van der Waals surface area contributed by atoms with Crippen molar-refractivity contribution >= 4 is 17.9 Å². The van der Waals surface area contributed by atoms with Crippen LogP contribution in [0.25, 0.3) is 0 Å². The largest absolute Gasteiger partial charge is 0.462 e. The number of amides is 3. The number of imide groups is 1. The monoisotopic (exact) mass is 306 g/mol. The van der Waals surface area contributed by atoms with E-state index in [0.29, 0.717) is 17.7 Å². The molecule has 3 amide bonds. The Morgan fingerprint density at radius 2 is 1.82 bits per heavy atom. The zero-order chi connectivity index (χ0) is 16.2. The third-order valence-corrected chi connectivity index (χ3v) is 3.35. The number of nitrogens with one attached hydrogen (secondary N) is 2. The number of urea groups is 1. The van der Waals surface area contributed by atoms with Gasteiger partial charge < -0.3 is 14.8 Å². The lowest BCUT2D eigenvalue weighted by Gasteiger charge is -2.26. The van der Waals surface area contributed by atoms with Crippen LogP contribution in [0.1, 0.15) is 29.8 Å². The minimum absolute atomic E-state index is 0.0137. The van der Waals surface area contributed by atoms with Crippen molar-refractivity contribution in [1.82, 2.24) is 10.6 Å². The van der Waals surface area contributed by atoms with Crippen LogP contribution in [0.3, 0.4) is 0 Å². The molecule has 1 unspecified atom stereocenters. The molecular weight excluding hydrogens is 288 g/mol. The molecule has 1 heterocycles. The zero-order valence-electron chi connectivity index (χ0n) is 12.5. The van der Waals surface area contributed by atoms with Gasteiger partial charge in [0.1, 0.15) is 0 Å². The summed E-state index contributed by atoms with van der Waals surface area (Å²) in [6, 6.07) is 5.75. The van der Waals surface area contributed by atoms with E-state index in [1.54, 1.807) is 38.1 Å². The normalized spacial score (nSPS) is 20.5. The maximum Gasteiger partial charge on any atom is 0.338 e. The number of esters is 1. The summed E-state index contributed by atoms with van der Waals surface area (Å²) < 4.78 is 10.3. The summed E-state index contributed by atoms with van der Waals surface area (Å²) >= 11 is 0. The number of carbonyl (C=O) groups is 3. The van der Waals surface area contributed by atoms with Gasteiger partial charge in [0.2, 0.25) is 0 Å². The molecule has 0 radical (unpaired) electrons. The number of hydrogen-bond donors (Lipinski definition) is 2. The van der Waals surface area contributed by atoms with Crippen molar-refractivity contribution in [2.45, 2.75) is 19.4 Å². The smallest absolute Gasteiger partial charge is 0.338 e. The van der Waals surface area contributed by atoms with Crippen LogP contribution in [-0.2, 0) is 19.8 Å². The molecule has 1 aliphatic heterocycles. The zero-order valence-corrected chi connectivity index (χ0v) is 12.5. The molecule has 0 saturated carbocycles. The molecule has 1 aliphatic rings. The summed E-state index contributed by atoms with van der Waals surface area (Å²) in [6.45, 7) is 4.23. The highest BCUT2D eigenvalue weighted by Crippen LogP contribution is 2.26. The lowest BCUT2D eigenvalue weighted by atomic mass is 9.90. The Balaban J connectivity index is 2.31. The Kier molecular flexibility index (Phi) is 4.77. The van der Waals surface area contributed by atoms with E-state index in [1.807, 2.05) is 0 Å². The summed E-state index contributed by atoms with van der Waals surface area (Å²) in [5.41, 5.74) is -0.362. The van der Waals surface area contributed by atoms with Crippen molar-refractivity contribution in [2.75, 3.05) is 19.8 Å². The molecule has 0 aliphatic carbocycles. The number of ether oxygens (including phenoxy) is 2. The molecule has 1 atom stereocenters. The second-order valence-electron chi connectivity index (χ2n) is 4.75. The van der Waals surface area contributed by atoms with Gasteiger partial charge in [0.25, 0.3) is 5.91 Å². The first-order chi connectivity index (χ1) is 10.5. The van der Waals surface area contributed by atoms with E-state index in [1.165, 1.54) is 0 Å². The Morgan fingerprint density at radius 3 is 2.32 bits per heavy atom. The standard InChI is InChI=1S/C15H18N2O5/c1-3-21-9-15(13(19)16-14(20)17-15)11-7-5-10(6-8-11)12(18)22-4-2/h5-8H,3-4,9H2,1-2H3,(H2,16,17,19,20). The van der Waals surface area contributed by atoms with E-state index in [9.17, 15) is 14.4 Å². The predicted molar refractivity (Wildman–Crippen MR) is 77.2 cm³/mol. The summed E-state index contributed by atoms with van der Waals surface area (Å²) in [5.74, 6) is -0.914. The highest BCUT2D eigenvalue weighted by atomic mass is 16.5. The first kappa shape index (κ1) is 16.0. The molecule has 118 valence electrons. The fraction of sp³-hybridized carbons (Fsp3) is 0.400. The van der Waals surface area contributed by atoms with Gasteiger partial charge >= 0.3 is 12.0 Å². The van der Waals surface area contributed by atoms with E-state index in [2.05, 4.69) is 10.6 Å². The predicted octanol–water partition coefficient (Wildman–Crippen LogP) is 0.934. The van der Waals surface area contributed by atoms with E-state index in [-0.39, 0.29) is 13.2 Å². The molecule has 1 saturated heterocycles. The van der Waals surface area contributed by atoms with Crippen molar-refractivity contribution in [3.63, 3.8) is 0 Å². The molecule has 0 aromatic heterocycles. The van der Waals surface area contributed by atoms with Gasteiger partial charge in [-0.25, -0.2) is 9.59 Å². The van der Waals surface area contributed by atoms with Gasteiger partial charge in [-0.3, -0.25) is 10.1 Å². The third-order valence-electron chi connectivity index (χ3n) is 3.35. The summed E-state index contributed by atoms with van der Waals surface area (Å²) in [5, 5.41) is 4.81. The molecule has 2 rings (SSSR count). The number of carbonyl (C=O) groups excluding carboxylic acids is 3. The fourth-order valence-corrected chi connectivity index (χ4v) is 2.24. The van der Waals surface area contributed by atoms with Gasteiger partial charge in [0, 0.05) is 6.61 Å². The van der Waals surface area contributed by atoms with Gasteiger partial charge in [-0.2, -0.15) is 0 Å². The molecule has 7 nitrogen and oxygen atoms in total. The quantitative estimate of drug-likeness (QED) is 0.602. The van der Waals surface area contributed by atoms with Crippen LogP contribution in [0, 0.1) is 0 Å². The van der Waals surface area contributed by atoms with E-state index in [0.717, 1.165) is 0 Å². The van der Waals surface area contributed by atoms with Gasteiger partial charge in [-0.1, -0.05) is 12.1 Å². The average molecular weight is 306 g/mol. The number of rotatable bonds is 6. The molecule has 0 spiro atoms. The SMILES string of the molecule is CCOCC1(c2ccc(C(=O)OCC)cc2)NC(=O)NC1=O. The fourth-order valence-electron chi connectivity index (χ4n) is 2.24. The van der Waals surface area contributed by atoms with E-state index >= 15 is 0 Å². The lowest BCUT2D eigenvalue weighted by molar-refractivity contribution is -0.126. The Morgan fingerprint density at radius 1 is 1.14 bits per heavy atom. The molecule has 1 aromatic rings. The van der Waals surface area contributed by atoms with Crippen LogP contribution < -0.4 is 10.6 Å². The first-order valence-corrected chi connectivity index (χ1v) is 7.02. The second-order valence-corrected chi connectivity index (χ2v) is 4.75. The molecule has 22 heavy (non-hydrogen) atoms. The third kappa shape index (κ3) is 2.94. The van der Waals surface area contributed by atoms with Crippen LogP contribution in [0.4, 0.5) is 4.79 Å². The minimum atomic E-state index is -1.28. The first-order valence-electron chi connectivity index (χ1n) is 7.02. The van der Waals surface area contributed by atoms with Crippen LogP contribution in [-0.4, -0.2) is 37.7 Å². The minimum Gasteiger partial charge on any atom is -0.462 e. The molecule has 1 aromatic carbocycles. The Hall–Kier alpha value is -2.41. The van der Waals surface area contributed by atoms with Crippen LogP contribution in [0.2, 0.25) is 0 Å². The topological polar surface area (TPSA) is 93.7 Å². The van der Waals surface area contributed by atoms with Crippen molar-refractivity contribution in [3.8, 4) is 0 Å². The van der Waals surface area contributed by atoms with Gasteiger partial charge in [0.05, 0.1) is 18.8 Å². The summed E-state index contributed by atoms with van der Waals surface area (Å²) in [7, 11) is 0. The van der Waals surface area contributed by atoms with Gasteiger partial charge in [-0.05, 0) is 31.5 Å². The van der Waals surface area contributed by atoms with Gasteiger partial charge in [-0.15, -0.1) is 0 Å². The van der Waals surface area contributed by atoms with Crippen LogP contribution in [0.5, 0.6) is 0 Å². The van der Waals surface area contributed by atoms with Crippen LogP contribution in [0.15, 0.2) is 24.3 Å². The number of hydrogen-bond acceptors (Lipinski definition) is 5. The summed E-state index contributed by atoms with van der Waals surface area (Å²) in [6.07, 6.45) is 0. The highest BCUT2D eigenvalue weighted by molar-refractivity contribution is 6.07. The Labute approximate surface area is 128 Å². The number of benzene rings is 1. The highest BCUT2D eigenvalue weighted by Gasteiger charge is 2.48. The maximum absolute atomic E-state index is 12.2. The maximum atomic E-state index is 12.2. The van der Waals surface area contributed by atoms with E-state index in [4.69, 9.17) is 9.47 Å². The van der Waals surface area contributed by atoms with Crippen molar-refractivity contribution in [2.24, 2.45) is 0 Å². The Bertz CT molecular complexity index is 584. The molecule has 7 heteroatoms. The van der Waals surface area contributed by atoms with Gasteiger partial charge in [0.15, 0.2) is 5.54 Å². The molecule has 2 N–H and O–H groups in total. The molecule has 1 fully saturated rings. The van der Waals surface area contributed by atoms with E-state index < -0.39 is 23.4 Å². The lowest BCUT2D eigenvalue weighted by Crippen LogP contribution is -2.48. The van der Waals surface area contributed by atoms with Crippen molar-refractivity contribution in [1.29, 1.82) is 0 Å². The van der Waals surface area contributed by atoms with Crippen molar-refractivity contribution in [3.05, 3.63) is 35.4 Å². The second kappa shape index (κ2) is 6.57. The van der Waals surface area contributed by atoms with Crippen LogP contribution >= 0.6 is 0 Å². The molecule has 0 bridgehead atoms. The average Bonchev–Trinajstić information content (AvgIpc) is 2.80. The van der Waals surface area contributed by atoms with Crippen molar-refractivity contribution < 1.29 is 23.9 Å². The molecular formula is C15H18N2O5.